The van der Waals surface area contributed by atoms with Crippen molar-refractivity contribution in [1.29, 1.82) is 0 Å². The molecule has 8 heteroatoms. The number of aromatic amines is 1. The maximum absolute atomic E-state index is 11.9. The first-order valence-corrected chi connectivity index (χ1v) is 5.32. The lowest BCUT2D eigenvalue weighted by Crippen LogP contribution is -2.23. The maximum Gasteiger partial charge on any atom is 0.387 e. The summed E-state index contributed by atoms with van der Waals surface area (Å²) in [5.41, 5.74) is 0.745. The fourth-order valence-corrected chi connectivity index (χ4v) is 1.37. The van der Waals surface area contributed by atoms with Crippen molar-refractivity contribution in [2.24, 2.45) is 0 Å². The van der Waals surface area contributed by atoms with E-state index in [0.29, 0.717) is 0 Å². The number of hydrogen-bond donors (Lipinski definition) is 2. The Morgan fingerprint density at radius 1 is 1.37 bits per heavy atom. The van der Waals surface area contributed by atoms with Crippen molar-refractivity contribution in [2.45, 2.75) is 13.2 Å². The van der Waals surface area contributed by atoms with Gasteiger partial charge < -0.3 is 10.1 Å². The second-order valence-corrected chi connectivity index (χ2v) is 3.54. The van der Waals surface area contributed by atoms with Crippen LogP contribution in [0.2, 0.25) is 0 Å². The Bertz CT molecular complexity index is 528. The van der Waals surface area contributed by atoms with Gasteiger partial charge >= 0.3 is 6.61 Å². The second kappa shape index (κ2) is 5.89. The van der Waals surface area contributed by atoms with Crippen LogP contribution in [0, 0.1) is 0 Å². The highest BCUT2D eigenvalue weighted by molar-refractivity contribution is 5.90. The molecule has 0 radical (unpaired) electrons. The van der Waals surface area contributed by atoms with E-state index in [1.165, 1.54) is 18.5 Å². The first-order chi connectivity index (χ1) is 9.15. The number of halogens is 2. The zero-order valence-corrected chi connectivity index (χ0v) is 9.64. The van der Waals surface area contributed by atoms with Gasteiger partial charge in [0.15, 0.2) is 0 Å². The Hall–Kier alpha value is -2.51. The number of alkyl halides is 2. The molecule has 1 aromatic heterocycles. The van der Waals surface area contributed by atoms with Gasteiger partial charge in [-0.1, -0.05) is 12.1 Å². The van der Waals surface area contributed by atoms with Crippen LogP contribution in [0.5, 0.6) is 5.75 Å². The molecular formula is C11H10F2N4O2. The number of aromatic nitrogens is 3. The van der Waals surface area contributed by atoms with Gasteiger partial charge in [-0.3, -0.25) is 9.89 Å². The van der Waals surface area contributed by atoms with Crippen LogP contribution in [0.4, 0.5) is 8.78 Å². The van der Waals surface area contributed by atoms with Gasteiger partial charge in [0.25, 0.3) is 5.91 Å². The van der Waals surface area contributed by atoms with E-state index >= 15 is 0 Å². The molecule has 0 aliphatic heterocycles. The predicted octanol–water partition coefficient (Wildman–Crippen LogP) is 1.34. The summed E-state index contributed by atoms with van der Waals surface area (Å²) in [7, 11) is 0. The van der Waals surface area contributed by atoms with E-state index < -0.39 is 12.5 Å². The zero-order valence-electron chi connectivity index (χ0n) is 9.64. The number of amides is 1. The van der Waals surface area contributed by atoms with Gasteiger partial charge in [-0.15, -0.1) is 0 Å². The zero-order chi connectivity index (χ0) is 13.7. The summed E-state index contributed by atoms with van der Waals surface area (Å²) in [5.74, 6) is -0.219. The third-order valence-corrected chi connectivity index (χ3v) is 2.23. The van der Waals surface area contributed by atoms with Gasteiger partial charge in [0.1, 0.15) is 12.1 Å². The van der Waals surface area contributed by atoms with Crippen LogP contribution in [-0.2, 0) is 6.54 Å². The maximum atomic E-state index is 11.9. The molecule has 1 heterocycles. The normalized spacial score (nSPS) is 10.5. The van der Waals surface area contributed by atoms with Crippen LogP contribution in [0.3, 0.4) is 0 Å². The lowest BCUT2D eigenvalue weighted by Gasteiger charge is -2.06. The molecule has 6 nitrogen and oxygen atoms in total. The molecular weight excluding hydrogens is 258 g/mol. The molecule has 0 saturated heterocycles. The predicted molar refractivity (Wildman–Crippen MR) is 60.6 cm³/mol. The molecule has 19 heavy (non-hydrogen) atoms. The molecule has 0 aliphatic rings. The molecule has 0 fully saturated rings. The Labute approximate surface area is 106 Å². The monoisotopic (exact) mass is 268 g/mol. The number of nitrogens with zero attached hydrogens (tertiary/aromatic N) is 2. The highest BCUT2D eigenvalue weighted by Gasteiger charge is 2.08. The first-order valence-electron chi connectivity index (χ1n) is 5.32. The van der Waals surface area contributed by atoms with Crippen LogP contribution in [0.15, 0.2) is 30.6 Å². The number of hydrogen-bond acceptors (Lipinski definition) is 4. The van der Waals surface area contributed by atoms with E-state index in [1.54, 1.807) is 12.1 Å². The van der Waals surface area contributed by atoms with Gasteiger partial charge in [0, 0.05) is 6.54 Å². The minimum Gasteiger partial charge on any atom is -0.435 e. The SMILES string of the molecule is O=C(NCc1ccc(OC(F)F)cc1)c1ncn[nH]1. The van der Waals surface area contributed by atoms with Crippen LogP contribution < -0.4 is 10.1 Å². The summed E-state index contributed by atoms with van der Waals surface area (Å²) < 4.78 is 28.1. The molecule has 100 valence electrons. The number of ether oxygens (including phenoxy) is 1. The molecule has 0 spiro atoms. The highest BCUT2D eigenvalue weighted by Crippen LogP contribution is 2.14. The van der Waals surface area contributed by atoms with Gasteiger partial charge in [-0.2, -0.15) is 13.9 Å². The van der Waals surface area contributed by atoms with E-state index in [-0.39, 0.29) is 18.1 Å². The molecule has 1 aromatic carbocycles. The van der Waals surface area contributed by atoms with Gasteiger partial charge in [-0.05, 0) is 17.7 Å². The molecule has 2 rings (SSSR count). The minimum absolute atomic E-state index is 0.0697. The molecule has 2 aromatic rings. The smallest absolute Gasteiger partial charge is 0.387 e. The fraction of sp³-hybridized carbons (Fsp3) is 0.182. The average molecular weight is 268 g/mol. The molecule has 0 aliphatic carbocycles. The summed E-state index contributed by atoms with van der Waals surface area (Å²) in [6.07, 6.45) is 1.23. The molecule has 2 N–H and O–H groups in total. The molecule has 1 amide bonds. The summed E-state index contributed by atoms with van der Waals surface area (Å²) >= 11 is 0. The Morgan fingerprint density at radius 2 is 2.11 bits per heavy atom. The quantitative estimate of drug-likeness (QED) is 0.857. The van der Waals surface area contributed by atoms with Crippen molar-refractivity contribution >= 4 is 5.91 Å². The number of carbonyl (C=O) groups excluding carboxylic acids is 1. The Kier molecular flexibility index (Phi) is 4.01. The molecule has 0 saturated carbocycles. The Morgan fingerprint density at radius 3 is 2.68 bits per heavy atom. The van der Waals surface area contributed by atoms with Crippen molar-refractivity contribution in [3.63, 3.8) is 0 Å². The van der Waals surface area contributed by atoms with E-state index in [4.69, 9.17) is 0 Å². The largest absolute Gasteiger partial charge is 0.435 e. The van der Waals surface area contributed by atoms with Crippen molar-refractivity contribution < 1.29 is 18.3 Å². The molecule has 0 bridgehead atoms. The van der Waals surface area contributed by atoms with Crippen LogP contribution in [0.25, 0.3) is 0 Å². The standard InChI is InChI=1S/C11H10F2N4O2/c12-11(13)19-8-3-1-7(2-4-8)5-14-10(18)9-15-6-16-17-9/h1-4,6,11H,5H2,(H,14,18)(H,15,16,17). The summed E-state index contributed by atoms with van der Waals surface area (Å²) in [5, 5.41) is 8.58. The number of H-pyrrole nitrogens is 1. The van der Waals surface area contributed by atoms with Crippen molar-refractivity contribution in [2.75, 3.05) is 0 Å². The topological polar surface area (TPSA) is 79.9 Å². The van der Waals surface area contributed by atoms with E-state index in [2.05, 4.69) is 25.2 Å². The molecule has 0 unspecified atom stereocenters. The van der Waals surface area contributed by atoms with Crippen LogP contribution >= 0.6 is 0 Å². The van der Waals surface area contributed by atoms with Crippen LogP contribution in [0.1, 0.15) is 16.2 Å². The lowest BCUT2D eigenvalue weighted by molar-refractivity contribution is -0.0498. The summed E-state index contributed by atoms with van der Waals surface area (Å²) in [6, 6.07) is 5.97. The number of nitrogens with one attached hydrogen (secondary N) is 2. The van der Waals surface area contributed by atoms with Crippen molar-refractivity contribution in [1.82, 2.24) is 20.5 Å². The van der Waals surface area contributed by atoms with Gasteiger partial charge in [0.05, 0.1) is 0 Å². The number of rotatable bonds is 5. The third-order valence-electron chi connectivity index (χ3n) is 2.23. The molecule has 0 atom stereocenters. The Balaban J connectivity index is 1.88. The second-order valence-electron chi connectivity index (χ2n) is 3.54. The van der Waals surface area contributed by atoms with Gasteiger partial charge in [0.2, 0.25) is 5.82 Å². The average Bonchev–Trinajstić information content (AvgIpc) is 2.91. The number of benzene rings is 1. The van der Waals surface area contributed by atoms with E-state index in [1.807, 2.05) is 0 Å². The third kappa shape index (κ3) is 3.73. The lowest BCUT2D eigenvalue weighted by atomic mass is 10.2. The van der Waals surface area contributed by atoms with Crippen molar-refractivity contribution in [3.8, 4) is 5.75 Å². The van der Waals surface area contributed by atoms with Crippen molar-refractivity contribution in [3.05, 3.63) is 42.0 Å². The summed E-state index contributed by atoms with van der Waals surface area (Å²) in [4.78, 5) is 15.2. The fourth-order valence-electron chi connectivity index (χ4n) is 1.37. The van der Waals surface area contributed by atoms with E-state index in [9.17, 15) is 13.6 Å². The van der Waals surface area contributed by atoms with E-state index in [0.717, 1.165) is 5.56 Å². The van der Waals surface area contributed by atoms with Crippen LogP contribution in [-0.4, -0.2) is 27.7 Å². The first kappa shape index (κ1) is 12.9. The number of carbonyl (C=O) groups is 1. The summed E-state index contributed by atoms with van der Waals surface area (Å²) in [6.45, 7) is -2.61. The minimum atomic E-state index is -2.85. The van der Waals surface area contributed by atoms with Gasteiger partial charge in [-0.25, -0.2) is 4.98 Å². The highest BCUT2D eigenvalue weighted by atomic mass is 19.3.